The summed E-state index contributed by atoms with van der Waals surface area (Å²) in [7, 11) is 0. The minimum absolute atomic E-state index is 0. The van der Waals surface area contributed by atoms with Crippen molar-refractivity contribution < 1.29 is 4.79 Å². The normalized spacial score (nSPS) is 20.9. The molecule has 0 aliphatic carbocycles. The standard InChI is InChI=1S/C16H21BrN2O.ClH/c17-14-3-1-2-13(12-14)15(20)19-10-6-16(7-11-19)4-8-18-9-5-16;/h1-3,12,18H,4-11H2;1H. The molecule has 1 N–H and O–H groups in total. The monoisotopic (exact) mass is 372 g/mol. The molecule has 3 nitrogen and oxygen atoms in total. The number of halogens is 2. The van der Waals surface area contributed by atoms with E-state index in [9.17, 15) is 4.79 Å². The van der Waals surface area contributed by atoms with Gasteiger partial charge in [-0.15, -0.1) is 12.4 Å². The second-order valence-electron chi connectivity index (χ2n) is 6.05. The molecule has 5 heteroatoms. The van der Waals surface area contributed by atoms with Crippen molar-refractivity contribution >= 4 is 34.2 Å². The SMILES string of the molecule is Cl.O=C(c1cccc(Br)c1)N1CCC2(CCNCC2)CC1. The van der Waals surface area contributed by atoms with E-state index in [0.717, 1.165) is 49.1 Å². The average Bonchev–Trinajstić information content (AvgIpc) is 2.48. The highest BCUT2D eigenvalue weighted by Gasteiger charge is 2.36. The van der Waals surface area contributed by atoms with Crippen molar-refractivity contribution in [2.75, 3.05) is 26.2 Å². The minimum Gasteiger partial charge on any atom is -0.339 e. The number of amides is 1. The number of rotatable bonds is 1. The smallest absolute Gasteiger partial charge is 0.253 e. The van der Waals surface area contributed by atoms with E-state index in [2.05, 4.69) is 21.2 Å². The fourth-order valence-corrected chi connectivity index (χ4v) is 3.84. The Labute approximate surface area is 141 Å². The summed E-state index contributed by atoms with van der Waals surface area (Å²) in [5, 5.41) is 3.44. The molecule has 0 atom stereocenters. The molecule has 2 saturated heterocycles. The Morgan fingerprint density at radius 3 is 2.43 bits per heavy atom. The van der Waals surface area contributed by atoms with Crippen LogP contribution < -0.4 is 5.32 Å². The fourth-order valence-electron chi connectivity index (χ4n) is 3.45. The average molecular weight is 374 g/mol. The van der Waals surface area contributed by atoms with Crippen molar-refractivity contribution in [1.82, 2.24) is 10.2 Å². The Balaban J connectivity index is 0.00000161. The number of carbonyl (C=O) groups is 1. The van der Waals surface area contributed by atoms with E-state index in [1.165, 1.54) is 12.8 Å². The van der Waals surface area contributed by atoms with E-state index in [-0.39, 0.29) is 18.3 Å². The lowest BCUT2D eigenvalue weighted by atomic mass is 9.71. The van der Waals surface area contributed by atoms with Gasteiger partial charge in [0.25, 0.3) is 5.91 Å². The van der Waals surface area contributed by atoms with Crippen LogP contribution in [0, 0.1) is 5.41 Å². The van der Waals surface area contributed by atoms with Crippen LogP contribution in [-0.4, -0.2) is 37.0 Å². The topological polar surface area (TPSA) is 32.3 Å². The highest BCUT2D eigenvalue weighted by atomic mass is 79.9. The molecule has 0 saturated carbocycles. The van der Waals surface area contributed by atoms with Crippen molar-refractivity contribution in [1.29, 1.82) is 0 Å². The van der Waals surface area contributed by atoms with Crippen LogP contribution in [0.3, 0.4) is 0 Å². The molecule has 1 aromatic carbocycles. The number of piperidine rings is 2. The summed E-state index contributed by atoms with van der Waals surface area (Å²) in [5.41, 5.74) is 1.29. The molecule has 0 aromatic heterocycles. The molecule has 2 heterocycles. The maximum Gasteiger partial charge on any atom is 0.253 e. The molecule has 0 unspecified atom stereocenters. The highest BCUT2D eigenvalue weighted by molar-refractivity contribution is 9.10. The second kappa shape index (κ2) is 7.12. The van der Waals surface area contributed by atoms with Gasteiger partial charge in [0.05, 0.1) is 0 Å². The highest BCUT2D eigenvalue weighted by Crippen LogP contribution is 2.39. The number of likely N-dealkylation sites (tertiary alicyclic amines) is 1. The van der Waals surface area contributed by atoms with E-state index in [1.807, 2.05) is 29.2 Å². The quantitative estimate of drug-likeness (QED) is 0.817. The van der Waals surface area contributed by atoms with Gasteiger partial charge in [-0.2, -0.15) is 0 Å². The number of carbonyl (C=O) groups excluding carboxylic acids is 1. The van der Waals surface area contributed by atoms with Crippen LogP contribution in [0.2, 0.25) is 0 Å². The third-order valence-corrected chi connectivity index (χ3v) is 5.34. The van der Waals surface area contributed by atoms with Gasteiger partial charge in [0.15, 0.2) is 0 Å². The van der Waals surface area contributed by atoms with E-state index < -0.39 is 0 Å². The Morgan fingerprint density at radius 2 is 1.81 bits per heavy atom. The predicted octanol–water partition coefficient (Wildman–Crippen LogP) is 3.48. The third kappa shape index (κ3) is 3.79. The Bertz CT molecular complexity index is 493. The van der Waals surface area contributed by atoms with Crippen LogP contribution in [-0.2, 0) is 0 Å². The molecule has 0 radical (unpaired) electrons. The molecule has 2 aliphatic heterocycles. The van der Waals surface area contributed by atoms with Crippen LogP contribution in [0.15, 0.2) is 28.7 Å². The lowest BCUT2D eigenvalue weighted by molar-refractivity contribution is 0.0495. The molecule has 2 fully saturated rings. The minimum atomic E-state index is 0. The first kappa shape index (κ1) is 16.8. The lowest BCUT2D eigenvalue weighted by Crippen LogP contribution is -2.47. The van der Waals surface area contributed by atoms with Crippen molar-refractivity contribution in [2.24, 2.45) is 5.41 Å². The first-order valence-corrected chi connectivity index (χ1v) is 8.23. The Kier molecular flexibility index (Phi) is 5.69. The van der Waals surface area contributed by atoms with Crippen LogP contribution in [0.1, 0.15) is 36.0 Å². The van der Waals surface area contributed by atoms with E-state index in [1.54, 1.807) is 0 Å². The zero-order valence-electron chi connectivity index (χ0n) is 12.1. The molecule has 1 spiro atoms. The van der Waals surface area contributed by atoms with Crippen LogP contribution in [0.25, 0.3) is 0 Å². The molecule has 0 bridgehead atoms. The summed E-state index contributed by atoms with van der Waals surface area (Å²) in [6.45, 7) is 4.09. The number of nitrogens with one attached hydrogen (secondary N) is 1. The van der Waals surface area contributed by atoms with Gasteiger partial charge in [-0.3, -0.25) is 4.79 Å². The van der Waals surface area contributed by atoms with Gasteiger partial charge in [-0.05, 0) is 62.4 Å². The maximum absolute atomic E-state index is 12.5. The van der Waals surface area contributed by atoms with Gasteiger partial charge < -0.3 is 10.2 Å². The summed E-state index contributed by atoms with van der Waals surface area (Å²) >= 11 is 3.43. The molecular formula is C16H22BrClN2O. The summed E-state index contributed by atoms with van der Waals surface area (Å²) in [5.74, 6) is 0.176. The summed E-state index contributed by atoms with van der Waals surface area (Å²) in [6, 6.07) is 7.70. The molecule has 1 amide bonds. The maximum atomic E-state index is 12.5. The molecule has 1 aromatic rings. The first-order valence-electron chi connectivity index (χ1n) is 7.44. The first-order chi connectivity index (χ1) is 9.69. The van der Waals surface area contributed by atoms with Gasteiger partial charge >= 0.3 is 0 Å². The van der Waals surface area contributed by atoms with Gasteiger partial charge in [-0.25, -0.2) is 0 Å². The lowest BCUT2D eigenvalue weighted by Gasteiger charge is -2.44. The van der Waals surface area contributed by atoms with Gasteiger partial charge in [0.1, 0.15) is 0 Å². The number of benzene rings is 1. The Hall–Kier alpha value is -0.580. The number of hydrogen-bond acceptors (Lipinski definition) is 2. The number of nitrogens with zero attached hydrogens (tertiary/aromatic N) is 1. The van der Waals surface area contributed by atoms with Crippen LogP contribution in [0.5, 0.6) is 0 Å². The summed E-state index contributed by atoms with van der Waals surface area (Å²) < 4.78 is 0.968. The van der Waals surface area contributed by atoms with E-state index >= 15 is 0 Å². The van der Waals surface area contributed by atoms with Crippen molar-refractivity contribution in [3.8, 4) is 0 Å². The van der Waals surface area contributed by atoms with E-state index in [4.69, 9.17) is 0 Å². The van der Waals surface area contributed by atoms with Crippen LogP contribution in [0.4, 0.5) is 0 Å². The van der Waals surface area contributed by atoms with Gasteiger partial charge in [-0.1, -0.05) is 22.0 Å². The predicted molar refractivity (Wildman–Crippen MR) is 91.1 cm³/mol. The van der Waals surface area contributed by atoms with E-state index in [0.29, 0.717) is 5.41 Å². The zero-order valence-corrected chi connectivity index (χ0v) is 14.5. The summed E-state index contributed by atoms with van der Waals surface area (Å²) in [4.78, 5) is 14.5. The third-order valence-electron chi connectivity index (χ3n) is 4.85. The van der Waals surface area contributed by atoms with Crippen molar-refractivity contribution in [2.45, 2.75) is 25.7 Å². The molecule has 116 valence electrons. The zero-order chi connectivity index (χ0) is 14.0. The largest absolute Gasteiger partial charge is 0.339 e. The van der Waals surface area contributed by atoms with Gasteiger partial charge in [0, 0.05) is 23.1 Å². The van der Waals surface area contributed by atoms with Crippen molar-refractivity contribution in [3.63, 3.8) is 0 Å². The number of hydrogen-bond donors (Lipinski definition) is 1. The molecular weight excluding hydrogens is 352 g/mol. The molecule has 3 rings (SSSR count). The van der Waals surface area contributed by atoms with Crippen LogP contribution >= 0.6 is 28.3 Å². The Morgan fingerprint density at radius 1 is 1.14 bits per heavy atom. The summed E-state index contributed by atoms with van der Waals surface area (Å²) in [6.07, 6.45) is 4.86. The molecule has 21 heavy (non-hydrogen) atoms. The molecule has 2 aliphatic rings. The van der Waals surface area contributed by atoms with Gasteiger partial charge in [0.2, 0.25) is 0 Å². The fraction of sp³-hybridized carbons (Fsp3) is 0.562. The van der Waals surface area contributed by atoms with Crippen molar-refractivity contribution in [3.05, 3.63) is 34.3 Å². The second-order valence-corrected chi connectivity index (χ2v) is 6.97.